The van der Waals surface area contributed by atoms with Crippen LogP contribution in [0.1, 0.15) is 31.3 Å². The van der Waals surface area contributed by atoms with E-state index < -0.39 is 5.60 Å². The Morgan fingerprint density at radius 2 is 2.27 bits per heavy atom. The largest absolute Gasteiger partial charge is 0.371 e. The molecule has 0 N–H and O–H groups in total. The van der Waals surface area contributed by atoms with Crippen LogP contribution in [0.3, 0.4) is 0 Å². The Morgan fingerprint density at radius 3 is 2.73 bits per heavy atom. The van der Waals surface area contributed by atoms with E-state index in [1.807, 2.05) is 6.92 Å². The second kappa shape index (κ2) is 4.33. The highest BCUT2D eigenvalue weighted by Gasteiger charge is 2.32. The second-order valence-corrected chi connectivity index (χ2v) is 4.11. The fourth-order valence-corrected chi connectivity index (χ4v) is 1.43. The van der Waals surface area contributed by atoms with Crippen LogP contribution in [0, 0.1) is 0 Å². The van der Waals surface area contributed by atoms with Crippen LogP contribution in [-0.4, -0.2) is 28.3 Å². The third-order valence-electron chi connectivity index (χ3n) is 2.37. The van der Waals surface area contributed by atoms with Crippen molar-refractivity contribution in [3.63, 3.8) is 0 Å². The van der Waals surface area contributed by atoms with E-state index in [2.05, 4.69) is 5.10 Å². The van der Waals surface area contributed by atoms with Gasteiger partial charge in [0.1, 0.15) is 11.3 Å². The fourth-order valence-electron chi connectivity index (χ4n) is 1.21. The Morgan fingerprint density at radius 1 is 1.67 bits per heavy atom. The van der Waals surface area contributed by atoms with Crippen LogP contribution in [0.4, 0.5) is 0 Å². The summed E-state index contributed by atoms with van der Waals surface area (Å²) in [6.07, 6.45) is 1.48. The van der Waals surface area contributed by atoms with Gasteiger partial charge in [-0.05, 0) is 20.8 Å². The first-order valence-corrected chi connectivity index (χ1v) is 5.13. The SMILES string of the molecule is CCn1ncc(Cl)c1C(=O)C(C)(C)OC. The van der Waals surface area contributed by atoms with Crippen LogP contribution >= 0.6 is 11.6 Å². The summed E-state index contributed by atoms with van der Waals surface area (Å²) < 4.78 is 6.70. The number of hydrogen-bond acceptors (Lipinski definition) is 3. The minimum atomic E-state index is -0.878. The molecule has 1 aromatic heterocycles. The van der Waals surface area contributed by atoms with Gasteiger partial charge >= 0.3 is 0 Å². The summed E-state index contributed by atoms with van der Waals surface area (Å²) in [6, 6.07) is 0. The van der Waals surface area contributed by atoms with E-state index in [4.69, 9.17) is 16.3 Å². The number of aromatic nitrogens is 2. The second-order valence-electron chi connectivity index (χ2n) is 3.70. The van der Waals surface area contributed by atoms with Crippen LogP contribution in [-0.2, 0) is 11.3 Å². The van der Waals surface area contributed by atoms with Crippen LogP contribution in [0.25, 0.3) is 0 Å². The van der Waals surface area contributed by atoms with Crippen molar-refractivity contribution >= 4 is 17.4 Å². The molecule has 0 saturated heterocycles. The van der Waals surface area contributed by atoms with Crippen molar-refractivity contribution in [3.05, 3.63) is 16.9 Å². The Labute approximate surface area is 94.2 Å². The Hall–Kier alpha value is -0.870. The molecular weight excluding hydrogens is 216 g/mol. The Balaban J connectivity index is 3.16. The van der Waals surface area contributed by atoms with Crippen LogP contribution in [0.2, 0.25) is 5.02 Å². The lowest BCUT2D eigenvalue weighted by Crippen LogP contribution is -2.35. The zero-order valence-corrected chi connectivity index (χ0v) is 10.1. The highest BCUT2D eigenvalue weighted by atomic mass is 35.5. The van der Waals surface area contributed by atoms with E-state index in [1.165, 1.54) is 13.3 Å². The first kappa shape index (κ1) is 12.2. The number of aryl methyl sites for hydroxylation is 1. The van der Waals surface area contributed by atoms with Gasteiger partial charge < -0.3 is 4.74 Å². The molecule has 1 aromatic rings. The van der Waals surface area contributed by atoms with Gasteiger partial charge in [0, 0.05) is 13.7 Å². The number of ether oxygens (including phenoxy) is 1. The summed E-state index contributed by atoms with van der Waals surface area (Å²) in [5.74, 6) is -0.158. The number of carbonyl (C=O) groups excluding carboxylic acids is 1. The molecule has 0 unspecified atom stereocenters. The topological polar surface area (TPSA) is 44.1 Å². The first-order chi connectivity index (χ1) is 6.94. The quantitative estimate of drug-likeness (QED) is 0.745. The number of ketones is 1. The summed E-state index contributed by atoms with van der Waals surface area (Å²) in [7, 11) is 1.50. The Kier molecular flexibility index (Phi) is 3.52. The van der Waals surface area contributed by atoms with Gasteiger partial charge in [0.15, 0.2) is 0 Å². The van der Waals surface area contributed by atoms with Gasteiger partial charge in [0.2, 0.25) is 5.78 Å². The van der Waals surface area contributed by atoms with Gasteiger partial charge in [-0.15, -0.1) is 0 Å². The van der Waals surface area contributed by atoms with E-state index in [9.17, 15) is 4.79 Å². The maximum atomic E-state index is 12.1. The number of carbonyl (C=O) groups is 1. The molecule has 0 aliphatic rings. The zero-order valence-electron chi connectivity index (χ0n) is 9.37. The predicted octanol–water partition coefficient (Wildman–Crippen LogP) is 2.16. The van der Waals surface area contributed by atoms with Crippen molar-refractivity contribution in [1.29, 1.82) is 0 Å². The predicted molar refractivity (Wildman–Crippen MR) is 58.3 cm³/mol. The van der Waals surface area contributed by atoms with Crippen LogP contribution < -0.4 is 0 Å². The number of halogens is 1. The lowest BCUT2D eigenvalue weighted by Gasteiger charge is -2.21. The maximum Gasteiger partial charge on any atom is 0.213 e. The zero-order chi connectivity index (χ0) is 11.6. The van der Waals surface area contributed by atoms with E-state index in [1.54, 1.807) is 18.5 Å². The summed E-state index contributed by atoms with van der Waals surface area (Å²) in [5.41, 5.74) is -0.470. The molecule has 0 aliphatic carbocycles. The molecule has 84 valence electrons. The molecule has 15 heavy (non-hydrogen) atoms. The van der Waals surface area contributed by atoms with Crippen LogP contribution in [0.5, 0.6) is 0 Å². The minimum absolute atomic E-state index is 0.158. The van der Waals surface area contributed by atoms with Crippen molar-refractivity contribution < 1.29 is 9.53 Å². The molecule has 0 radical (unpaired) electrons. The Bertz CT molecular complexity index is 371. The summed E-state index contributed by atoms with van der Waals surface area (Å²) in [4.78, 5) is 12.1. The number of rotatable bonds is 4. The average molecular weight is 231 g/mol. The minimum Gasteiger partial charge on any atom is -0.371 e. The third-order valence-corrected chi connectivity index (χ3v) is 2.64. The molecule has 0 atom stereocenters. The molecule has 0 aliphatic heterocycles. The molecule has 0 saturated carbocycles. The van der Waals surface area contributed by atoms with E-state index >= 15 is 0 Å². The van der Waals surface area contributed by atoms with Crippen molar-refractivity contribution in [2.75, 3.05) is 7.11 Å². The molecule has 0 bridgehead atoms. The first-order valence-electron chi connectivity index (χ1n) is 4.75. The summed E-state index contributed by atoms with van der Waals surface area (Å²) in [5, 5.41) is 4.38. The van der Waals surface area contributed by atoms with Gasteiger partial charge in [0.05, 0.1) is 11.2 Å². The number of methoxy groups -OCH3 is 1. The van der Waals surface area contributed by atoms with Gasteiger partial charge in [-0.1, -0.05) is 11.6 Å². The lowest BCUT2D eigenvalue weighted by atomic mass is 10.0. The molecule has 1 heterocycles. The third kappa shape index (κ3) is 2.21. The van der Waals surface area contributed by atoms with Gasteiger partial charge in [0.25, 0.3) is 0 Å². The normalized spacial score (nSPS) is 11.8. The van der Waals surface area contributed by atoms with E-state index in [0.29, 0.717) is 17.3 Å². The standard InChI is InChI=1S/C10H15ClN2O2/c1-5-13-8(7(11)6-12-13)9(14)10(2,3)15-4/h6H,5H2,1-4H3. The van der Waals surface area contributed by atoms with Crippen molar-refractivity contribution in [3.8, 4) is 0 Å². The number of Topliss-reactive ketones (excluding diaryl/α,β-unsaturated/α-hetero) is 1. The van der Waals surface area contributed by atoms with Gasteiger partial charge in [-0.3, -0.25) is 9.48 Å². The number of nitrogens with zero attached hydrogens (tertiary/aromatic N) is 2. The van der Waals surface area contributed by atoms with Crippen molar-refractivity contribution in [2.24, 2.45) is 0 Å². The lowest BCUT2D eigenvalue weighted by molar-refractivity contribution is 0.0219. The fraction of sp³-hybridized carbons (Fsp3) is 0.600. The van der Waals surface area contributed by atoms with E-state index in [0.717, 1.165) is 0 Å². The smallest absolute Gasteiger partial charge is 0.213 e. The van der Waals surface area contributed by atoms with E-state index in [-0.39, 0.29) is 5.78 Å². The van der Waals surface area contributed by atoms with Crippen molar-refractivity contribution in [1.82, 2.24) is 9.78 Å². The molecule has 0 spiro atoms. The molecule has 4 nitrogen and oxygen atoms in total. The van der Waals surface area contributed by atoms with Gasteiger partial charge in [-0.25, -0.2) is 0 Å². The summed E-state index contributed by atoms with van der Waals surface area (Å²) >= 11 is 5.92. The van der Waals surface area contributed by atoms with Crippen molar-refractivity contribution in [2.45, 2.75) is 32.9 Å². The molecule has 1 rings (SSSR count). The molecular formula is C10H15ClN2O2. The average Bonchev–Trinajstić information content (AvgIpc) is 2.58. The monoisotopic (exact) mass is 230 g/mol. The molecule has 0 fully saturated rings. The summed E-state index contributed by atoms with van der Waals surface area (Å²) in [6.45, 7) is 5.92. The van der Waals surface area contributed by atoms with Gasteiger partial charge in [-0.2, -0.15) is 5.10 Å². The highest BCUT2D eigenvalue weighted by molar-refractivity contribution is 6.34. The highest BCUT2D eigenvalue weighted by Crippen LogP contribution is 2.22. The molecule has 0 amide bonds. The molecule has 0 aromatic carbocycles. The molecule has 5 heteroatoms. The van der Waals surface area contributed by atoms with Crippen LogP contribution in [0.15, 0.2) is 6.20 Å². The maximum absolute atomic E-state index is 12.1. The number of hydrogen-bond donors (Lipinski definition) is 0.